The highest BCUT2D eigenvalue weighted by Crippen LogP contribution is 2.26. The van der Waals surface area contributed by atoms with E-state index in [4.69, 9.17) is 0 Å². The Morgan fingerprint density at radius 3 is 2.50 bits per heavy atom. The molecule has 9 heteroatoms. The molecule has 0 saturated heterocycles. The maximum atomic E-state index is 13.3. The number of nitrogens with zero attached hydrogens (tertiary/aromatic N) is 5. The number of benzene rings is 1. The van der Waals surface area contributed by atoms with Gasteiger partial charge < -0.3 is 5.32 Å². The highest BCUT2D eigenvalue weighted by molar-refractivity contribution is 7.13. The summed E-state index contributed by atoms with van der Waals surface area (Å²) in [5.74, 6) is 0.347. The third-order valence-electron chi connectivity index (χ3n) is 4.38. The Morgan fingerprint density at radius 2 is 1.89 bits per heavy atom. The number of carbonyl (C=O) groups excluding carboxylic acids is 1. The molecule has 0 aliphatic heterocycles. The van der Waals surface area contributed by atoms with Gasteiger partial charge in [-0.2, -0.15) is 5.10 Å². The minimum Gasteiger partial charge on any atom is -0.304 e. The van der Waals surface area contributed by atoms with Crippen LogP contribution in [0.2, 0.25) is 0 Å². The molecule has 1 N–H and O–H groups in total. The largest absolute Gasteiger partial charge is 0.304 e. The number of hydrogen-bond acceptors (Lipinski definition) is 5. The lowest BCUT2D eigenvalue weighted by atomic mass is 10.3. The number of halogens is 1. The van der Waals surface area contributed by atoms with E-state index in [1.54, 1.807) is 28.5 Å². The van der Waals surface area contributed by atoms with Gasteiger partial charge in [-0.1, -0.05) is 6.07 Å². The van der Waals surface area contributed by atoms with E-state index in [0.717, 1.165) is 16.1 Å². The van der Waals surface area contributed by atoms with Gasteiger partial charge in [0.15, 0.2) is 5.82 Å². The van der Waals surface area contributed by atoms with Crippen molar-refractivity contribution in [2.24, 2.45) is 7.05 Å². The molecule has 3 aromatic heterocycles. The standard InChI is InChI=1S/C19H17FN6OS/c1-11-12(2)23-25(3)17(11)22-19(27)16-21-18(15-5-4-10-28-15)26(24-16)14-8-6-13(20)7-9-14/h4-10H,1-3H3,(H,22,27). The van der Waals surface area contributed by atoms with E-state index in [-0.39, 0.29) is 11.6 Å². The Kier molecular flexibility index (Phi) is 4.52. The topological polar surface area (TPSA) is 77.6 Å². The summed E-state index contributed by atoms with van der Waals surface area (Å²) in [6.45, 7) is 3.76. The zero-order chi connectivity index (χ0) is 19.8. The Labute approximate surface area is 164 Å². The second-order valence-corrected chi connectivity index (χ2v) is 7.21. The number of carbonyl (C=O) groups is 1. The number of hydrogen-bond donors (Lipinski definition) is 1. The maximum absolute atomic E-state index is 13.3. The van der Waals surface area contributed by atoms with Crippen molar-refractivity contribution < 1.29 is 9.18 Å². The van der Waals surface area contributed by atoms with Crippen molar-refractivity contribution in [1.82, 2.24) is 24.5 Å². The normalized spacial score (nSPS) is 11.0. The van der Waals surface area contributed by atoms with Gasteiger partial charge >= 0.3 is 0 Å². The summed E-state index contributed by atoms with van der Waals surface area (Å²) in [5.41, 5.74) is 2.33. The maximum Gasteiger partial charge on any atom is 0.296 e. The van der Waals surface area contributed by atoms with Crippen LogP contribution < -0.4 is 5.32 Å². The molecule has 3 heterocycles. The molecule has 0 fully saturated rings. The first-order chi connectivity index (χ1) is 13.4. The zero-order valence-corrected chi connectivity index (χ0v) is 16.3. The number of aromatic nitrogens is 5. The first kappa shape index (κ1) is 18.1. The molecular weight excluding hydrogens is 379 g/mol. The van der Waals surface area contributed by atoms with Gasteiger partial charge in [0.05, 0.1) is 16.3 Å². The van der Waals surface area contributed by atoms with E-state index in [1.807, 2.05) is 31.4 Å². The summed E-state index contributed by atoms with van der Waals surface area (Å²) in [4.78, 5) is 18.1. The van der Waals surface area contributed by atoms with E-state index in [2.05, 4.69) is 20.5 Å². The van der Waals surface area contributed by atoms with Gasteiger partial charge in [0.2, 0.25) is 5.82 Å². The lowest BCUT2D eigenvalue weighted by Gasteiger charge is -2.04. The minimum absolute atomic E-state index is 0.0194. The highest BCUT2D eigenvalue weighted by atomic mass is 32.1. The Bertz CT molecular complexity index is 1140. The van der Waals surface area contributed by atoms with Gasteiger partial charge in [0.1, 0.15) is 11.6 Å². The molecular formula is C19H17FN6OS. The Morgan fingerprint density at radius 1 is 1.14 bits per heavy atom. The predicted octanol–water partition coefficient (Wildman–Crippen LogP) is 3.74. The van der Waals surface area contributed by atoms with Crippen molar-refractivity contribution in [3.63, 3.8) is 0 Å². The van der Waals surface area contributed by atoms with Crippen LogP contribution >= 0.6 is 11.3 Å². The lowest BCUT2D eigenvalue weighted by molar-refractivity contribution is 0.101. The van der Waals surface area contributed by atoms with E-state index in [9.17, 15) is 9.18 Å². The number of rotatable bonds is 4. The van der Waals surface area contributed by atoms with Crippen LogP contribution in [0.5, 0.6) is 0 Å². The predicted molar refractivity (Wildman–Crippen MR) is 105 cm³/mol. The third-order valence-corrected chi connectivity index (χ3v) is 5.24. The second-order valence-electron chi connectivity index (χ2n) is 6.26. The molecule has 0 bridgehead atoms. The van der Waals surface area contributed by atoms with Crippen molar-refractivity contribution in [1.29, 1.82) is 0 Å². The number of aryl methyl sites for hydroxylation is 2. The van der Waals surface area contributed by atoms with Crippen LogP contribution in [0.4, 0.5) is 10.2 Å². The molecule has 0 atom stereocenters. The first-order valence-corrected chi connectivity index (χ1v) is 9.40. The molecule has 0 aliphatic carbocycles. The van der Waals surface area contributed by atoms with Gasteiger partial charge in [-0.3, -0.25) is 9.48 Å². The summed E-state index contributed by atoms with van der Waals surface area (Å²) in [6.07, 6.45) is 0. The number of anilines is 1. The smallest absolute Gasteiger partial charge is 0.296 e. The summed E-state index contributed by atoms with van der Waals surface area (Å²) < 4.78 is 16.5. The molecule has 0 aliphatic rings. The molecule has 4 aromatic rings. The quantitative estimate of drug-likeness (QED) is 0.570. The van der Waals surface area contributed by atoms with E-state index < -0.39 is 5.91 Å². The fourth-order valence-corrected chi connectivity index (χ4v) is 3.54. The van der Waals surface area contributed by atoms with Crippen molar-refractivity contribution in [3.8, 4) is 16.4 Å². The molecule has 28 heavy (non-hydrogen) atoms. The van der Waals surface area contributed by atoms with Crippen LogP contribution in [0.15, 0.2) is 41.8 Å². The van der Waals surface area contributed by atoms with Crippen molar-refractivity contribution in [2.75, 3.05) is 5.32 Å². The van der Waals surface area contributed by atoms with Gasteiger partial charge in [-0.25, -0.2) is 14.1 Å². The molecule has 142 valence electrons. The van der Waals surface area contributed by atoms with Crippen LogP contribution in [0, 0.1) is 19.7 Å². The monoisotopic (exact) mass is 396 g/mol. The third kappa shape index (κ3) is 3.20. The van der Waals surface area contributed by atoms with E-state index in [0.29, 0.717) is 17.3 Å². The molecule has 1 amide bonds. The number of nitrogens with one attached hydrogen (secondary N) is 1. The average molecular weight is 396 g/mol. The van der Waals surface area contributed by atoms with Crippen molar-refractivity contribution in [2.45, 2.75) is 13.8 Å². The summed E-state index contributed by atoms with van der Waals surface area (Å²) in [5, 5.41) is 13.4. The first-order valence-electron chi connectivity index (χ1n) is 8.52. The van der Waals surface area contributed by atoms with Gasteiger partial charge in [-0.05, 0) is 49.6 Å². The average Bonchev–Trinajstić information content (AvgIpc) is 3.39. The summed E-state index contributed by atoms with van der Waals surface area (Å²) in [6, 6.07) is 9.67. The van der Waals surface area contributed by atoms with Crippen LogP contribution in [0.25, 0.3) is 16.4 Å². The lowest BCUT2D eigenvalue weighted by Crippen LogP contribution is -2.17. The second kappa shape index (κ2) is 7.01. The summed E-state index contributed by atoms with van der Waals surface area (Å²) >= 11 is 1.48. The molecule has 0 radical (unpaired) electrons. The molecule has 1 aromatic carbocycles. The fraction of sp³-hybridized carbons (Fsp3) is 0.158. The Balaban J connectivity index is 1.75. The van der Waals surface area contributed by atoms with Crippen molar-refractivity contribution in [3.05, 3.63) is 64.7 Å². The highest BCUT2D eigenvalue weighted by Gasteiger charge is 2.21. The van der Waals surface area contributed by atoms with Crippen LogP contribution in [-0.2, 0) is 7.05 Å². The molecule has 0 spiro atoms. The van der Waals surface area contributed by atoms with Gasteiger partial charge in [-0.15, -0.1) is 16.4 Å². The van der Waals surface area contributed by atoms with Crippen LogP contribution in [0.1, 0.15) is 21.9 Å². The minimum atomic E-state index is -0.440. The molecule has 7 nitrogen and oxygen atoms in total. The molecule has 0 saturated carbocycles. The van der Waals surface area contributed by atoms with Crippen LogP contribution in [0.3, 0.4) is 0 Å². The fourth-order valence-electron chi connectivity index (χ4n) is 2.84. The van der Waals surface area contributed by atoms with E-state index >= 15 is 0 Å². The van der Waals surface area contributed by atoms with Gasteiger partial charge in [0.25, 0.3) is 5.91 Å². The van der Waals surface area contributed by atoms with Gasteiger partial charge in [0, 0.05) is 12.6 Å². The van der Waals surface area contributed by atoms with Crippen molar-refractivity contribution >= 4 is 23.1 Å². The number of amides is 1. The number of thiophene rings is 1. The molecule has 0 unspecified atom stereocenters. The van der Waals surface area contributed by atoms with E-state index in [1.165, 1.54) is 23.5 Å². The summed E-state index contributed by atoms with van der Waals surface area (Å²) in [7, 11) is 1.76. The van der Waals surface area contributed by atoms with Crippen LogP contribution in [-0.4, -0.2) is 30.5 Å². The molecule has 4 rings (SSSR count). The Hall–Kier alpha value is -3.33. The SMILES string of the molecule is Cc1nn(C)c(NC(=O)c2nc(-c3cccs3)n(-c3ccc(F)cc3)n2)c1C. The zero-order valence-electron chi connectivity index (χ0n) is 15.5.